The minimum Gasteiger partial charge on any atom is -0.361 e. The van der Waals surface area contributed by atoms with Gasteiger partial charge in [0.1, 0.15) is 17.1 Å². The number of benzene rings is 1. The SMILES string of the molecule is Cc1noc(C)c1C(C)n1c(=S)[nH]c2c(F)cc(F)cc21. The summed E-state index contributed by atoms with van der Waals surface area (Å²) in [5, 5.41) is 3.91. The predicted molar refractivity (Wildman–Crippen MR) is 76.8 cm³/mol. The van der Waals surface area contributed by atoms with Crippen LogP contribution in [0.1, 0.15) is 30.0 Å². The number of rotatable bonds is 2. The molecule has 110 valence electrons. The Hall–Kier alpha value is -2.02. The third-order valence-corrected chi connectivity index (χ3v) is 3.94. The maximum absolute atomic E-state index is 13.8. The number of aryl methyl sites for hydroxylation is 2. The van der Waals surface area contributed by atoms with E-state index in [1.54, 1.807) is 11.5 Å². The normalized spacial score (nSPS) is 13.0. The lowest BCUT2D eigenvalue weighted by molar-refractivity contribution is 0.391. The van der Waals surface area contributed by atoms with Gasteiger partial charge in [0.05, 0.1) is 17.3 Å². The number of H-pyrrole nitrogens is 1. The number of nitrogens with zero attached hydrogens (tertiary/aromatic N) is 2. The van der Waals surface area contributed by atoms with E-state index in [4.69, 9.17) is 16.7 Å². The molecule has 0 radical (unpaired) electrons. The molecule has 0 fully saturated rings. The van der Waals surface area contributed by atoms with E-state index in [1.807, 2.05) is 13.8 Å². The molecule has 0 amide bonds. The Morgan fingerprint density at radius 2 is 2.05 bits per heavy atom. The van der Waals surface area contributed by atoms with Gasteiger partial charge in [0.2, 0.25) is 0 Å². The van der Waals surface area contributed by atoms with Gasteiger partial charge < -0.3 is 14.1 Å². The van der Waals surface area contributed by atoms with E-state index in [2.05, 4.69) is 10.1 Å². The molecule has 0 aliphatic carbocycles. The van der Waals surface area contributed by atoms with Crippen LogP contribution >= 0.6 is 12.2 Å². The lowest BCUT2D eigenvalue weighted by atomic mass is 10.1. The number of fused-ring (bicyclic) bond motifs is 1. The van der Waals surface area contributed by atoms with Gasteiger partial charge in [0, 0.05) is 11.6 Å². The highest BCUT2D eigenvalue weighted by Gasteiger charge is 2.21. The predicted octanol–water partition coefficient (Wildman–Crippen LogP) is 4.19. The van der Waals surface area contributed by atoms with Crippen molar-refractivity contribution in [2.75, 3.05) is 0 Å². The topological polar surface area (TPSA) is 46.8 Å². The standard InChI is InChI=1S/C14H13F2N3OS/c1-6-12(8(3)20-18-6)7(2)19-11-5-9(15)4-10(16)13(11)17-14(19)21/h4-5,7H,1-3H3,(H,17,21). The summed E-state index contributed by atoms with van der Waals surface area (Å²) in [5.74, 6) is -0.650. The maximum atomic E-state index is 13.8. The molecule has 21 heavy (non-hydrogen) atoms. The zero-order valence-electron chi connectivity index (χ0n) is 11.7. The number of aromatic amines is 1. The molecule has 2 aromatic heterocycles. The van der Waals surface area contributed by atoms with Gasteiger partial charge in [-0.05, 0) is 39.1 Å². The van der Waals surface area contributed by atoms with Crippen molar-refractivity contribution in [2.24, 2.45) is 0 Å². The largest absolute Gasteiger partial charge is 0.361 e. The van der Waals surface area contributed by atoms with Gasteiger partial charge in [-0.25, -0.2) is 8.78 Å². The van der Waals surface area contributed by atoms with Crippen LogP contribution in [0.3, 0.4) is 0 Å². The van der Waals surface area contributed by atoms with Crippen LogP contribution in [-0.4, -0.2) is 14.7 Å². The molecular weight excluding hydrogens is 296 g/mol. The fraction of sp³-hybridized carbons (Fsp3) is 0.286. The van der Waals surface area contributed by atoms with Crippen LogP contribution in [-0.2, 0) is 0 Å². The molecule has 1 unspecified atom stereocenters. The Morgan fingerprint density at radius 1 is 1.33 bits per heavy atom. The molecule has 7 heteroatoms. The summed E-state index contributed by atoms with van der Waals surface area (Å²) in [6.45, 7) is 5.51. The second kappa shape index (κ2) is 4.77. The molecule has 1 N–H and O–H groups in total. The quantitative estimate of drug-likeness (QED) is 0.722. The highest BCUT2D eigenvalue weighted by molar-refractivity contribution is 7.71. The summed E-state index contributed by atoms with van der Waals surface area (Å²) >= 11 is 5.26. The van der Waals surface area contributed by atoms with Crippen molar-refractivity contribution in [1.29, 1.82) is 0 Å². The Kier molecular flexibility index (Phi) is 3.16. The van der Waals surface area contributed by atoms with E-state index in [1.165, 1.54) is 6.07 Å². The zero-order chi connectivity index (χ0) is 15.3. The van der Waals surface area contributed by atoms with Crippen LogP contribution in [0, 0.1) is 30.3 Å². The Bertz CT molecular complexity index is 874. The molecule has 3 aromatic rings. The van der Waals surface area contributed by atoms with Gasteiger partial charge in [-0.15, -0.1) is 0 Å². The maximum Gasteiger partial charge on any atom is 0.178 e. The van der Waals surface area contributed by atoms with Gasteiger partial charge in [-0.3, -0.25) is 0 Å². The lowest BCUT2D eigenvalue weighted by Crippen LogP contribution is -2.08. The molecule has 0 aliphatic heterocycles. The highest BCUT2D eigenvalue weighted by Crippen LogP contribution is 2.29. The van der Waals surface area contributed by atoms with Crippen molar-refractivity contribution in [3.63, 3.8) is 0 Å². The van der Waals surface area contributed by atoms with Crippen LogP contribution in [0.4, 0.5) is 8.78 Å². The molecule has 2 heterocycles. The molecule has 1 atom stereocenters. The average molecular weight is 309 g/mol. The van der Waals surface area contributed by atoms with Crippen molar-refractivity contribution in [3.8, 4) is 0 Å². The second-order valence-electron chi connectivity index (χ2n) is 5.00. The second-order valence-corrected chi connectivity index (χ2v) is 5.38. The van der Waals surface area contributed by atoms with Crippen molar-refractivity contribution < 1.29 is 13.3 Å². The summed E-state index contributed by atoms with van der Waals surface area (Å²) in [5.41, 5.74) is 2.16. The zero-order valence-corrected chi connectivity index (χ0v) is 12.5. The third-order valence-electron chi connectivity index (χ3n) is 3.64. The van der Waals surface area contributed by atoms with Crippen LogP contribution in [0.2, 0.25) is 0 Å². The first-order valence-corrected chi connectivity index (χ1v) is 6.83. The molecule has 0 spiro atoms. The number of halogens is 2. The van der Waals surface area contributed by atoms with Crippen molar-refractivity contribution >= 4 is 23.3 Å². The minimum atomic E-state index is -0.666. The molecule has 0 aliphatic rings. The summed E-state index contributed by atoms with van der Waals surface area (Å²) < 4.78 is 34.5. The smallest absolute Gasteiger partial charge is 0.178 e. The van der Waals surface area contributed by atoms with Gasteiger partial charge in [0.25, 0.3) is 0 Å². The van der Waals surface area contributed by atoms with Crippen molar-refractivity contribution in [2.45, 2.75) is 26.8 Å². The summed E-state index contributed by atoms with van der Waals surface area (Å²) in [6.07, 6.45) is 0. The van der Waals surface area contributed by atoms with Gasteiger partial charge >= 0.3 is 0 Å². The Labute approximate surface area is 124 Å². The first kappa shape index (κ1) is 13.9. The van der Waals surface area contributed by atoms with Gasteiger partial charge in [-0.1, -0.05) is 5.16 Å². The molecule has 0 saturated carbocycles. The molecule has 0 saturated heterocycles. The fourth-order valence-electron chi connectivity index (χ4n) is 2.75. The van der Waals surface area contributed by atoms with Crippen LogP contribution < -0.4 is 0 Å². The van der Waals surface area contributed by atoms with E-state index in [0.29, 0.717) is 16.0 Å². The molecule has 4 nitrogen and oxygen atoms in total. The third kappa shape index (κ3) is 2.08. The highest BCUT2D eigenvalue weighted by atomic mass is 32.1. The number of nitrogens with one attached hydrogen (secondary N) is 1. The summed E-state index contributed by atoms with van der Waals surface area (Å²) in [7, 11) is 0. The number of hydrogen-bond donors (Lipinski definition) is 1. The number of hydrogen-bond acceptors (Lipinski definition) is 3. The monoisotopic (exact) mass is 309 g/mol. The van der Waals surface area contributed by atoms with E-state index < -0.39 is 11.6 Å². The van der Waals surface area contributed by atoms with E-state index in [0.717, 1.165) is 17.3 Å². The van der Waals surface area contributed by atoms with E-state index in [9.17, 15) is 8.78 Å². The molecule has 3 rings (SSSR count). The van der Waals surface area contributed by atoms with Crippen molar-refractivity contribution in [1.82, 2.24) is 14.7 Å². The van der Waals surface area contributed by atoms with Crippen LogP contribution in [0.15, 0.2) is 16.7 Å². The molecule has 0 bridgehead atoms. The number of aromatic nitrogens is 3. The van der Waals surface area contributed by atoms with E-state index in [-0.39, 0.29) is 11.6 Å². The summed E-state index contributed by atoms with van der Waals surface area (Å²) in [6, 6.07) is 1.84. The minimum absolute atomic E-state index is 0.194. The van der Waals surface area contributed by atoms with Crippen LogP contribution in [0.5, 0.6) is 0 Å². The molecule has 1 aromatic carbocycles. The van der Waals surface area contributed by atoms with Gasteiger partial charge in [-0.2, -0.15) is 0 Å². The van der Waals surface area contributed by atoms with Crippen LogP contribution in [0.25, 0.3) is 11.0 Å². The van der Waals surface area contributed by atoms with E-state index >= 15 is 0 Å². The average Bonchev–Trinajstić information content (AvgIpc) is 2.89. The lowest BCUT2D eigenvalue weighted by Gasteiger charge is -2.14. The summed E-state index contributed by atoms with van der Waals surface area (Å²) in [4.78, 5) is 2.79. The first-order chi connectivity index (χ1) is 9.90. The molecular formula is C14H13F2N3OS. The van der Waals surface area contributed by atoms with Gasteiger partial charge in [0.15, 0.2) is 10.6 Å². The Balaban J connectivity index is 2.30. The number of imidazole rings is 1. The Morgan fingerprint density at radius 3 is 2.67 bits per heavy atom. The van der Waals surface area contributed by atoms with Crippen molar-refractivity contribution in [3.05, 3.63) is 45.6 Å². The fourth-order valence-corrected chi connectivity index (χ4v) is 3.11. The first-order valence-electron chi connectivity index (χ1n) is 6.42.